The minimum absolute atomic E-state index is 0.133. The maximum absolute atomic E-state index is 12.7. The Hall–Kier alpha value is -15.9. The Labute approximate surface area is 876 Å². The molecule has 0 bridgehead atoms. The zero-order valence-corrected chi connectivity index (χ0v) is 84.5. The van der Waals surface area contributed by atoms with Gasteiger partial charge in [0, 0.05) is 94.4 Å². The molecule has 5 unspecified atom stereocenters. The molecule has 150 heavy (non-hydrogen) atoms. The molecule has 5 aliphatic heterocycles. The molecule has 43 nitrogen and oxygen atoms in total. The number of carbonyl (C=O) groups excluding carboxylic acids is 8. The van der Waals surface area contributed by atoms with E-state index in [0.717, 1.165) is 9.13 Å². The number of carbonyl (C=O) groups is 8. The number of H-pyrrole nitrogens is 3. The summed E-state index contributed by atoms with van der Waals surface area (Å²) in [6.07, 6.45) is -4.17. The second-order valence-corrected chi connectivity index (χ2v) is 36.5. The van der Waals surface area contributed by atoms with Gasteiger partial charge in [-0.1, -0.05) is 146 Å². The molecule has 780 valence electrons. The van der Waals surface area contributed by atoms with Gasteiger partial charge in [-0.2, -0.15) is 0 Å². The summed E-state index contributed by atoms with van der Waals surface area (Å²) in [6.45, 7) is 2.12. The van der Waals surface area contributed by atoms with Gasteiger partial charge in [-0.3, -0.25) is 70.9 Å². The van der Waals surface area contributed by atoms with Crippen molar-refractivity contribution in [3.8, 4) is 0 Å². The lowest BCUT2D eigenvalue weighted by Crippen LogP contribution is -2.40. The van der Waals surface area contributed by atoms with Gasteiger partial charge < -0.3 is 71.8 Å². The van der Waals surface area contributed by atoms with Gasteiger partial charge in [0.05, 0.1) is 64.4 Å². The summed E-state index contributed by atoms with van der Waals surface area (Å²) in [5, 5.41) is 18.5. The SMILES string of the molecule is Cc1cn([C@@H]2CC(O)[C@H](CO)O2)c(=O)[nH]c1=O.Cc1cn([C@@H]2CC(OC(=O)c3ccccc3)[C@H](COC(=O)c3ccccc3)O2)c(=O)n(C)c1=O.Cn1c(=O)c(I)cn([C@@H]2CC(OC(=O)c3ccccc3)[C@H](COC(=O)c3ccccc3)O2)c1=O.O=C(OC[C@@H]1O[C@H](n2cc(I)c(=O)[nH]c2=O)CC1OC(=O)c1ccccc1)c1ccccc1.O=C(OC[C@@H]1O[C@H](n2ccc(=O)[nH]c2=O)CC1OC(=O)c1ccccc1)c1ccccc1. The summed E-state index contributed by atoms with van der Waals surface area (Å²) in [4.78, 5) is 226. The summed E-state index contributed by atoms with van der Waals surface area (Å²) in [5.74, 6) is -4.43. The molecule has 5 N–H and O–H groups in total. The van der Waals surface area contributed by atoms with Gasteiger partial charge in [0.2, 0.25) is 0 Å². The molecule has 18 rings (SSSR count). The molecule has 8 aromatic carbocycles. The fourth-order valence-electron chi connectivity index (χ4n) is 16.0. The molecule has 5 fully saturated rings. The van der Waals surface area contributed by atoms with E-state index in [4.69, 9.17) is 66.7 Å². The van der Waals surface area contributed by atoms with Gasteiger partial charge >= 0.3 is 76.2 Å². The Kier molecular flexibility index (Phi) is 37.8. The van der Waals surface area contributed by atoms with E-state index in [1.165, 1.54) is 74.0 Å². The molecule has 5 aliphatic rings. The van der Waals surface area contributed by atoms with Crippen LogP contribution in [0.25, 0.3) is 0 Å². The normalized spacial score (nSPS) is 20.7. The minimum atomic E-state index is -0.822. The summed E-state index contributed by atoms with van der Waals surface area (Å²) in [7, 11) is 2.76. The maximum atomic E-state index is 12.7. The number of aryl methyl sites for hydroxylation is 2. The largest absolute Gasteiger partial charge is 0.459 e. The maximum Gasteiger partial charge on any atom is 0.338 e. The number of nitrogens with zero attached hydrogens (tertiary/aromatic N) is 7. The molecule has 0 aliphatic carbocycles. The van der Waals surface area contributed by atoms with Crippen molar-refractivity contribution in [2.45, 2.75) is 138 Å². The molecule has 0 amide bonds. The van der Waals surface area contributed by atoms with Crippen LogP contribution < -0.4 is 56.2 Å². The third-order valence-corrected chi connectivity index (χ3v) is 25.5. The van der Waals surface area contributed by atoms with Gasteiger partial charge in [0.1, 0.15) is 113 Å². The van der Waals surface area contributed by atoms with Crippen molar-refractivity contribution in [1.29, 1.82) is 0 Å². The Morgan fingerprint density at radius 2 is 0.573 bits per heavy atom. The van der Waals surface area contributed by atoms with Gasteiger partial charge in [0.15, 0.2) is 0 Å². The number of hydrogen-bond acceptors (Lipinski definition) is 33. The number of aliphatic hydroxyl groups is 2. The number of nitrogens with one attached hydrogen (secondary N) is 3. The lowest BCUT2D eigenvalue weighted by molar-refractivity contribution is -0.0586. The van der Waals surface area contributed by atoms with E-state index < -0.39 is 196 Å². The number of aromatic nitrogens is 10. The average molecular weight is 2280 g/mol. The zero-order valence-electron chi connectivity index (χ0n) is 80.2. The highest BCUT2D eigenvalue weighted by Gasteiger charge is 2.46. The first-order valence-corrected chi connectivity index (χ1v) is 48.7. The lowest BCUT2D eigenvalue weighted by atomic mass is 10.1. The smallest absolute Gasteiger partial charge is 0.338 e. The fraction of sp³-hybridized carbons (Fsp3) is 0.276. The zero-order chi connectivity index (χ0) is 107. The van der Waals surface area contributed by atoms with Gasteiger partial charge in [0.25, 0.3) is 27.8 Å². The number of ether oxygens (including phenoxy) is 13. The predicted molar refractivity (Wildman–Crippen MR) is 546 cm³/mol. The summed E-state index contributed by atoms with van der Waals surface area (Å²) >= 11 is 3.65. The Morgan fingerprint density at radius 1 is 0.313 bits per heavy atom. The third-order valence-electron chi connectivity index (χ3n) is 24.0. The summed E-state index contributed by atoms with van der Waals surface area (Å²) < 4.78 is 82.2. The quantitative estimate of drug-likeness (QED) is 0.0197. The van der Waals surface area contributed by atoms with Crippen LogP contribution in [0.4, 0.5) is 0 Å². The number of esters is 8. The molecule has 5 aromatic heterocycles. The highest BCUT2D eigenvalue weighted by molar-refractivity contribution is 14.1. The van der Waals surface area contributed by atoms with Crippen LogP contribution >= 0.6 is 45.2 Å². The first-order valence-electron chi connectivity index (χ1n) is 46.6. The van der Waals surface area contributed by atoms with Crippen LogP contribution in [0, 0.1) is 21.0 Å². The van der Waals surface area contributed by atoms with Crippen molar-refractivity contribution in [3.05, 3.63) is 447 Å². The van der Waals surface area contributed by atoms with Crippen molar-refractivity contribution < 1.29 is 110 Å². The second-order valence-electron chi connectivity index (χ2n) is 34.2. The van der Waals surface area contributed by atoms with Crippen LogP contribution in [0.1, 0.15) is 157 Å². The average Bonchev–Trinajstić information content (AvgIpc) is 1.61. The van der Waals surface area contributed by atoms with E-state index in [9.17, 15) is 91.4 Å². The minimum Gasteiger partial charge on any atom is -0.459 e. The molecule has 0 radical (unpaired) electrons. The Balaban J connectivity index is 0.000000150. The molecule has 5 saturated heterocycles. The fourth-order valence-corrected chi connectivity index (χ4v) is 17.1. The number of rotatable bonds is 26. The molecule has 0 saturated carbocycles. The summed E-state index contributed by atoms with van der Waals surface area (Å²) in [6, 6.07) is 68.9. The second kappa shape index (κ2) is 51.6. The van der Waals surface area contributed by atoms with Crippen LogP contribution in [0.2, 0.25) is 0 Å². The van der Waals surface area contributed by atoms with Crippen molar-refractivity contribution in [2.75, 3.05) is 33.0 Å². The first-order chi connectivity index (χ1) is 72.1. The number of aromatic amines is 3. The van der Waals surface area contributed by atoms with E-state index in [-0.39, 0.29) is 65.1 Å². The molecule has 0 spiro atoms. The standard InChI is InChI=1S/C25H24N2O7.C24H21IN2O7.C23H19IN2O7.C23H20N2O7.C10H14N2O5/c1-16-14-27(25(31)26(2)22(16)28)21-13-19(34-24(30)18-11-7-4-8-12-18)20(33-21)15-32-23(29)17-9-5-3-6-10-17;1-26-21(28)17(25)13-27(24(26)31)20-12-18(34-23(30)16-10-6-3-7-11-16)19(33-20)14-32-22(29)15-8-4-2-5-9-15;24-16-12-26(23(30)25-20(16)27)19-11-17(33-22(29)15-9-5-2-6-10-15)18(32-19)13-31-21(28)14-7-3-1-4-8-14;26-19-11-12-25(23(29)24-19)20-13-17(32-22(28)16-9-5-2-6-10-16)18(31-20)14-30-21(27)15-7-3-1-4-8-15;1-5-3-12(10(16)11-9(5)15)8-2-6(14)7(4-13)17-8/h3-12,14,19-21H,13,15H2,1-2H3;2-11,13,18-20H,12,14H2,1H3;1-10,12,17-19H,11,13H2,(H,25,27,30);1-12,17-18,20H,13-14H2,(H,24,26,29);3,6-8,13-14H,2,4H2,1H3,(H,11,15,16)/t19?,20-,21-;18?,19-,20-;17?,18-,19-;17?,18-,20-;6?,7-,8-/m00000/s1. The van der Waals surface area contributed by atoms with Crippen LogP contribution in [-0.4, -0.2) is 199 Å². The van der Waals surface area contributed by atoms with Crippen molar-refractivity contribution in [3.63, 3.8) is 0 Å². The molecule has 15 atom stereocenters. The van der Waals surface area contributed by atoms with Crippen LogP contribution in [0.3, 0.4) is 0 Å². The molecule has 45 heteroatoms. The highest BCUT2D eigenvalue weighted by Crippen LogP contribution is 2.37. The van der Waals surface area contributed by atoms with Crippen LogP contribution in [-0.2, 0) is 75.7 Å². The van der Waals surface area contributed by atoms with E-state index in [1.54, 1.807) is 257 Å². The number of halogens is 2. The number of benzene rings is 8. The predicted octanol–water partition coefficient (Wildman–Crippen LogP) is 7.65. The van der Waals surface area contributed by atoms with Crippen molar-refractivity contribution >= 4 is 92.9 Å². The van der Waals surface area contributed by atoms with E-state index in [1.807, 2.05) is 45.2 Å². The van der Waals surface area contributed by atoms with E-state index in [0.29, 0.717) is 62.8 Å². The van der Waals surface area contributed by atoms with Crippen LogP contribution in [0.5, 0.6) is 0 Å². The van der Waals surface area contributed by atoms with Crippen LogP contribution in [0.15, 0.2) is 328 Å². The van der Waals surface area contributed by atoms with Gasteiger partial charge in [-0.15, -0.1) is 0 Å². The summed E-state index contributed by atoms with van der Waals surface area (Å²) in [5.41, 5.74) is -1.64. The third kappa shape index (κ3) is 28.3. The van der Waals surface area contributed by atoms with E-state index in [2.05, 4.69) is 15.0 Å². The molecule has 13 aromatic rings. The number of aliphatic hydroxyl groups excluding tert-OH is 2. The van der Waals surface area contributed by atoms with Crippen molar-refractivity contribution in [2.24, 2.45) is 14.1 Å². The van der Waals surface area contributed by atoms with E-state index >= 15 is 0 Å². The lowest BCUT2D eigenvalue weighted by Gasteiger charge is -2.19. The number of hydrogen-bond donors (Lipinski definition) is 5. The molecule has 10 heterocycles. The Bertz CT molecular complexity index is 7420. The molecular formula is C105H98I2N10O33. The first kappa shape index (κ1) is 110. The highest BCUT2D eigenvalue weighted by atomic mass is 127. The molecular weight excluding hydrogens is 2180 g/mol. The monoisotopic (exact) mass is 2280 g/mol. The topological polar surface area (TPSA) is 550 Å². The van der Waals surface area contributed by atoms with Gasteiger partial charge in [-0.25, -0.2) is 62.3 Å². The van der Waals surface area contributed by atoms with Crippen molar-refractivity contribution in [1.82, 2.24) is 46.9 Å². The van der Waals surface area contributed by atoms with Gasteiger partial charge in [-0.05, 0) is 156 Å². The Morgan fingerprint density at radius 3 is 0.893 bits per heavy atom.